The third-order valence-electron chi connectivity index (χ3n) is 6.82. The molecular formula is C30H17NS2. The predicted octanol–water partition coefficient (Wildman–Crippen LogP) is 9.72. The summed E-state index contributed by atoms with van der Waals surface area (Å²) in [6.45, 7) is 0. The summed E-state index contributed by atoms with van der Waals surface area (Å²) in [4.78, 5) is 3.66. The highest BCUT2D eigenvalue weighted by molar-refractivity contribution is 7.27. The van der Waals surface area contributed by atoms with Crippen LogP contribution in [-0.4, -0.2) is 4.98 Å². The smallest absolute Gasteiger partial charge is 0.0479 e. The summed E-state index contributed by atoms with van der Waals surface area (Å²) in [5, 5.41) is 8.03. The molecule has 0 unspecified atom stereocenters. The predicted molar refractivity (Wildman–Crippen MR) is 147 cm³/mol. The van der Waals surface area contributed by atoms with Crippen molar-refractivity contribution in [1.29, 1.82) is 0 Å². The van der Waals surface area contributed by atoms with Gasteiger partial charge in [-0.15, -0.1) is 22.7 Å². The van der Waals surface area contributed by atoms with Crippen LogP contribution >= 0.6 is 22.7 Å². The van der Waals surface area contributed by atoms with E-state index in [0.717, 1.165) is 0 Å². The van der Waals surface area contributed by atoms with E-state index < -0.39 is 0 Å². The molecular weight excluding hydrogens is 438 g/mol. The third kappa shape index (κ3) is 2.41. The summed E-state index contributed by atoms with van der Waals surface area (Å²) in [5.74, 6) is 0. The fourth-order valence-corrected chi connectivity index (χ4v) is 7.81. The normalized spacial score (nSPS) is 12.2. The number of hydrogen-bond donors (Lipinski definition) is 1. The number of benzene rings is 5. The van der Waals surface area contributed by atoms with E-state index in [1.165, 1.54) is 73.3 Å². The van der Waals surface area contributed by atoms with Crippen molar-refractivity contribution in [2.75, 3.05) is 0 Å². The van der Waals surface area contributed by atoms with Crippen LogP contribution in [-0.2, 0) is 0 Å². The van der Waals surface area contributed by atoms with E-state index in [9.17, 15) is 0 Å². The van der Waals surface area contributed by atoms with Gasteiger partial charge in [-0.3, -0.25) is 0 Å². The fraction of sp³-hybridized carbons (Fsp3) is 0. The Labute approximate surface area is 197 Å². The van der Waals surface area contributed by atoms with Crippen molar-refractivity contribution in [3.8, 4) is 11.1 Å². The van der Waals surface area contributed by atoms with Gasteiger partial charge in [0.25, 0.3) is 0 Å². The zero-order valence-corrected chi connectivity index (χ0v) is 19.2. The lowest BCUT2D eigenvalue weighted by molar-refractivity contribution is 1.55. The first-order valence-electron chi connectivity index (χ1n) is 11.1. The third-order valence-corrected chi connectivity index (χ3v) is 9.24. The second-order valence-corrected chi connectivity index (χ2v) is 10.7. The molecule has 0 aliphatic carbocycles. The highest BCUT2D eigenvalue weighted by Gasteiger charge is 2.15. The molecule has 0 saturated heterocycles. The molecule has 0 bridgehead atoms. The maximum absolute atomic E-state index is 3.66. The van der Waals surface area contributed by atoms with E-state index >= 15 is 0 Å². The van der Waals surface area contributed by atoms with E-state index in [4.69, 9.17) is 0 Å². The maximum Gasteiger partial charge on any atom is 0.0479 e. The van der Waals surface area contributed by atoms with Gasteiger partial charge in [0.05, 0.1) is 0 Å². The van der Waals surface area contributed by atoms with Crippen LogP contribution in [0.3, 0.4) is 0 Å². The van der Waals surface area contributed by atoms with E-state index in [1.54, 1.807) is 0 Å². The zero-order valence-electron chi connectivity index (χ0n) is 17.6. The molecule has 0 aliphatic heterocycles. The van der Waals surface area contributed by atoms with E-state index in [0.29, 0.717) is 0 Å². The molecule has 154 valence electrons. The summed E-state index contributed by atoms with van der Waals surface area (Å²) in [5.41, 5.74) is 5.00. The van der Waals surface area contributed by atoms with Crippen molar-refractivity contribution in [3.63, 3.8) is 0 Å². The summed E-state index contributed by atoms with van der Waals surface area (Å²) < 4.78 is 5.43. The largest absolute Gasteiger partial charge is 0.354 e. The van der Waals surface area contributed by atoms with Crippen molar-refractivity contribution in [1.82, 2.24) is 4.98 Å². The summed E-state index contributed by atoms with van der Waals surface area (Å²) >= 11 is 3.79. The van der Waals surface area contributed by atoms with Crippen molar-refractivity contribution >= 4 is 84.8 Å². The van der Waals surface area contributed by atoms with Crippen molar-refractivity contribution in [3.05, 3.63) is 97.1 Å². The monoisotopic (exact) mass is 455 g/mol. The molecule has 8 aromatic rings. The minimum atomic E-state index is 1.20. The van der Waals surface area contributed by atoms with Crippen molar-refractivity contribution < 1.29 is 0 Å². The molecule has 8 rings (SSSR count). The van der Waals surface area contributed by atoms with Crippen LogP contribution in [0.15, 0.2) is 97.1 Å². The molecule has 3 heteroatoms. The topological polar surface area (TPSA) is 15.8 Å². The average Bonchev–Trinajstić information content (AvgIpc) is 3.54. The minimum Gasteiger partial charge on any atom is -0.354 e. The Kier molecular flexibility index (Phi) is 3.48. The van der Waals surface area contributed by atoms with Crippen molar-refractivity contribution in [2.45, 2.75) is 0 Å². The van der Waals surface area contributed by atoms with Crippen LogP contribution in [0.5, 0.6) is 0 Å². The average molecular weight is 456 g/mol. The Balaban J connectivity index is 1.46. The molecule has 3 aromatic heterocycles. The van der Waals surface area contributed by atoms with Gasteiger partial charge in [-0.25, -0.2) is 0 Å². The summed E-state index contributed by atoms with van der Waals surface area (Å²) in [6, 6.07) is 35.6. The zero-order chi connectivity index (χ0) is 21.5. The van der Waals surface area contributed by atoms with Gasteiger partial charge < -0.3 is 4.98 Å². The summed E-state index contributed by atoms with van der Waals surface area (Å²) in [7, 11) is 0. The number of rotatable bonds is 1. The standard InChI is InChI=1S/C30H17NS2/c1-3-10-26-19(6-1)21-9-5-8-18(29(21)32-26)17-12-14-24-23(16-17)28-25(31-24)15-13-22-20-7-2-4-11-27(20)33-30(22)28/h1-16,31H. The number of H-pyrrole nitrogens is 1. The van der Waals surface area contributed by atoms with Gasteiger partial charge in [0.2, 0.25) is 0 Å². The van der Waals surface area contributed by atoms with Crippen LogP contribution in [0.4, 0.5) is 0 Å². The maximum atomic E-state index is 3.66. The number of thiophene rings is 2. The van der Waals surface area contributed by atoms with Gasteiger partial charge in [0, 0.05) is 62.2 Å². The lowest BCUT2D eigenvalue weighted by atomic mass is 10.00. The fourth-order valence-electron chi connectivity index (χ4n) is 5.31. The lowest BCUT2D eigenvalue weighted by Gasteiger charge is -2.05. The highest BCUT2D eigenvalue weighted by atomic mass is 32.1. The molecule has 0 saturated carbocycles. The highest BCUT2D eigenvalue weighted by Crippen LogP contribution is 2.43. The first kappa shape index (κ1) is 17.8. The van der Waals surface area contributed by atoms with Crippen LogP contribution in [0, 0.1) is 0 Å². The Morgan fingerprint density at radius 3 is 1.97 bits per heavy atom. The molecule has 1 nitrogen and oxygen atoms in total. The quantitative estimate of drug-likeness (QED) is 0.253. The van der Waals surface area contributed by atoms with Crippen molar-refractivity contribution in [2.24, 2.45) is 0 Å². The molecule has 0 atom stereocenters. The molecule has 0 radical (unpaired) electrons. The number of aromatic amines is 1. The molecule has 33 heavy (non-hydrogen) atoms. The van der Waals surface area contributed by atoms with E-state index in [-0.39, 0.29) is 0 Å². The SMILES string of the molecule is c1ccc2c(c1)sc1c(-c3ccc4[nH]c5ccc6c7ccccc7sc6c5c4c3)cccc12. The lowest BCUT2D eigenvalue weighted by Crippen LogP contribution is -1.79. The minimum absolute atomic E-state index is 1.20. The number of aromatic nitrogens is 1. The number of fused-ring (bicyclic) bond motifs is 10. The Morgan fingerprint density at radius 1 is 0.485 bits per heavy atom. The second kappa shape index (κ2) is 6.44. The van der Waals surface area contributed by atoms with Gasteiger partial charge in [-0.1, -0.05) is 66.7 Å². The number of nitrogens with one attached hydrogen (secondary N) is 1. The van der Waals surface area contributed by atoms with E-state index in [2.05, 4.69) is 102 Å². The Bertz CT molecular complexity index is 2030. The summed E-state index contributed by atoms with van der Waals surface area (Å²) in [6.07, 6.45) is 0. The van der Waals surface area contributed by atoms with Crippen LogP contribution in [0.25, 0.3) is 73.3 Å². The first-order chi connectivity index (χ1) is 16.3. The number of hydrogen-bond acceptors (Lipinski definition) is 2. The van der Waals surface area contributed by atoms with Gasteiger partial charge in [0.15, 0.2) is 0 Å². The molecule has 5 aromatic carbocycles. The van der Waals surface area contributed by atoms with Crippen LogP contribution in [0.2, 0.25) is 0 Å². The van der Waals surface area contributed by atoms with Gasteiger partial charge in [-0.05, 0) is 41.5 Å². The molecule has 1 N–H and O–H groups in total. The van der Waals surface area contributed by atoms with E-state index in [1.807, 2.05) is 22.7 Å². The Morgan fingerprint density at radius 2 is 1.15 bits per heavy atom. The van der Waals surface area contributed by atoms with Gasteiger partial charge in [0.1, 0.15) is 0 Å². The molecule has 3 heterocycles. The van der Waals surface area contributed by atoms with Gasteiger partial charge in [-0.2, -0.15) is 0 Å². The second-order valence-electron chi connectivity index (χ2n) is 8.63. The molecule has 0 aliphatic rings. The van der Waals surface area contributed by atoms with Gasteiger partial charge >= 0.3 is 0 Å². The molecule has 0 amide bonds. The van der Waals surface area contributed by atoms with Crippen LogP contribution < -0.4 is 0 Å². The molecule has 0 spiro atoms. The van der Waals surface area contributed by atoms with Crippen LogP contribution in [0.1, 0.15) is 0 Å². The molecule has 0 fully saturated rings. The Hall–Kier alpha value is -3.66. The first-order valence-corrected chi connectivity index (χ1v) is 12.7.